The van der Waals surface area contributed by atoms with Gasteiger partial charge in [0.1, 0.15) is 5.75 Å². The zero-order chi connectivity index (χ0) is 13.7. The molecule has 0 aliphatic carbocycles. The fraction of sp³-hybridized carbons (Fsp3) is 0.647. The maximum absolute atomic E-state index is 5.96. The highest BCUT2D eigenvalue weighted by Crippen LogP contribution is 2.24. The van der Waals surface area contributed by atoms with Crippen LogP contribution in [-0.2, 0) is 0 Å². The Labute approximate surface area is 117 Å². The first kappa shape index (κ1) is 14.4. The van der Waals surface area contributed by atoms with E-state index < -0.39 is 0 Å². The third-order valence-corrected chi connectivity index (χ3v) is 3.95. The van der Waals surface area contributed by atoms with Crippen LogP contribution in [0.5, 0.6) is 5.75 Å². The van der Waals surface area contributed by atoms with Gasteiger partial charge in [-0.3, -0.25) is 0 Å². The van der Waals surface area contributed by atoms with Gasteiger partial charge in [-0.25, -0.2) is 0 Å². The van der Waals surface area contributed by atoms with Crippen LogP contribution in [0.3, 0.4) is 0 Å². The quantitative estimate of drug-likeness (QED) is 0.718. The van der Waals surface area contributed by atoms with Crippen molar-refractivity contribution in [3.63, 3.8) is 0 Å². The van der Waals surface area contributed by atoms with Gasteiger partial charge in [0.25, 0.3) is 0 Å². The van der Waals surface area contributed by atoms with E-state index in [1.54, 1.807) is 0 Å². The van der Waals surface area contributed by atoms with Gasteiger partial charge in [0.15, 0.2) is 0 Å². The summed E-state index contributed by atoms with van der Waals surface area (Å²) in [6.45, 7) is 11.1. The van der Waals surface area contributed by atoms with Gasteiger partial charge < -0.3 is 9.64 Å². The zero-order valence-corrected chi connectivity index (χ0v) is 12.6. The monoisotopic (exact) mass is 261 g/mol. The third kappa shape index (κ3) is 4.24. The van der Waals surface area contributed by atoms with Gasteiger partial charge in [0.05, 0.1) is 6.61 Å². The van der Waals surface area contributed by atoms with Crippen LogP contribution in [0, 0.1) is 6.92 Å². The molecule has 106 valence electrons. The number of benzene rings is 1. The summed E-state index contributed by atoms with van der Waals surface area (Å²) in [6.07, 6.45) is 3.87. The van der Waals surface area contributed by atoms with Gasteiger partial charge in [-0.15, -0.1) is 0 Å². The number of hydrogen-bond donors (Lipinski definition) is 0. The predicted molar refractivity (Wildman–Crippen MR) is 81.1 cm³/mol. The lowest BCUT2D eigenvalue weighted by Crippen LogP contribution is -2.22. The average molecular weight is 261 g/mol. The Morgan fingerprint density at radius 3 is 2.63 bits per heavy atom. The van der Waals surface area contributed by atoms with Crippen LogP contribution in [0.4, 0.5) is 0 Å². The molecule has 0 aromatic heterocycles. The van der Waals surface area contributed by atoms with Crippen molar-refractivity contribution >= 4 is 0 Å². The van der Waals surface area contributed by atoms with Crippen LogP contribution >= 0.6 is 0 Å². The van der Waals surface area contributed by atoms with Crippen molar-refractivity contribution < 1.29 is 4.74 Å². The maximum atomic E-state index is 5.96. The van der Waals surface area contributed by atoms with Crippen LogP contribution in [0.2, 0.25) is 0 Å². The maximum Gasteiger partial charge on any atom is 0.122 e. The number of rotatable bonds is 6. The largest absolute Gasteiger partial charge is 0.493 e. The van der Waals surface area contributed by atoms with Crippen molar-refractivity contribution in [1.82, 2.24) is 4.90 Å². The summed E-state index contributed by atoms with van der Waals surface area (Å²) in [5.74, 6) is 1.63. The molecule has 1 aliphatic heterocycles. The fourth-order valence-corrected chi connectivity index (χ4v) is 2.61. The Hall–Kier alpha value is -1.02. The molecule has 0 atom stereocenters. The standard InChI is InChI=1S/C17H27NO/c1-14(2)16-8-7-15(3)17(13-16)19-12-6-11-18-9-4-5-10-18/h7-8,13-14H,4-6,9-12H2,1-3H3. The van der Waals surface area contributed by atoms with Gasteiger partial charge in [0.2, 0.25) is 0 Å². The van der Waals surface area contributed by atoms with E-state index in [1.165, 1.54) is 43.6 Å². The zero-order valence-electron chi connectivity index (χ0n) is 12.6. The van der Waals surface area contributed by atoms with Crippen molar-refractivity contribution in [2.45, 2.75) is 46.0 Å². The first-order chi connectivity index (χ1) is 9.16. The summed E-state index contributed by atoms with van der Waals surface area (Å²) in [6, 6.07) is 6.58. The van der Waals surface area contributed by atoms with Crippen molar-refractivity contribution in [2.24, 2.45) is 0 Å². The van der Waals surface area contributed by atoms with E-state index in [0.29, 0.717) is 5.92 Å². The van der Waals surface area contributed by atoms with Crippen molar-refractivity contribution in [2.75, 3.05) is 26.2 Å². The van der Waals surface area contributed by atoms with E-state index in [1.807, 2.05) is 0 Å². The molecule has 0 N–H and O–H groups in total. The molecule has 0 radical (unpaired) electrons. The molecule has 2 nitrogen and oxygen atoms in total. The summed E-state index contributed by atoms with van der Waals surface area (Å²) in [5, 5.41) is 0. The molecule has 1 aliphatic rings. The second-order valence-corrected chi connectivity index (χ2v) is 5.93. The van der Waals surface area contributed by atoms with Crippen LogP contribution < -0.4 is 4.74 Å². The Balaban J connectivity index is 1.79. The van der Waals surface area contributed by atoms with E-state index in [0.717, 1.165) is 18.8 Å². The first-order valence-corrected chi connectivity index (χ1v) is 7.62. The summed E-state index contributed by atoms with van der Waals surface area (Å²) < 4.78 is 5.96. The van der Waals surface area contributed by atoms with Crippen molar-refractivity contribution in [3.05, 3.63) is 29.3 Å². The minimum absolute atomic E-state index is 0.563. The molecule has 1 heterocycles. The number of likely N-dealkylation sites (tertiary alicyclic amines) is 1. The Kier molecular flexibility index (Phi) is 5.26. The number of hydrogen-bond acceptors (Lipinski definition) is 2. The molecule has 0 bridgehead atoms. The minimum atomic E-state index is 0.563. The molecular formula is C17H27NO. The second kappa shape index (κ2) is 6.95. The molecule has 2 rings (SSSR count). The Morgan fingerprint density at radius 1 is 1.21 bits per heavy atom. The van der Waals surface area contributed by atoms with Gasteiger partial charge in [0, 0.05) is 6.54 Å². The second-order valence-electron chi connectivity index (χ2n) is 5.93. The van der Waals surface area contributed by atoms with E-state index >= 15 is 0 Å². The first-order valence-electron chi connectivity index (χ1n) is 7.62. The van der Waals surface area contributed by atoms with Gasteiger partial charge in [-0.05, 0) is 62.4 Å². The number of ether oxygens (including phenoxy) is 1. The lowest BCUT2D eigenvalue weighted by Gasteiger charge is -2.16. The molecule has 1 aromatic carbocycles. The smallest absolute Gasteiger partial charge is 0.122 e. The summed E-state index contributed by atoms with van der Waals surface area (Å²) >= 11 is 0. The average Bonchev–Trinajstić information content (AvgIpc) is 2.89. The highest BCUT2D eigenvalue weighted by atomic mass is 16.5. The van der Waals surface area contributed by atoms with Gasteiger partial charge in [-0.1, -0.05) is 26.0 Å². The van der Waals surface area contributed by atoms with Gasteiger partial charge >= 0.3 is 0 Å². The fourth-order valence-electron chi connectivity index (χ4n) is 2.61. The molecule has 0 saturated carbocycles. The van der Waals surface area contributed by atoms with Crippen molar-refractivity contribution in [1.29, 1.82) is 0 Å². The van der Waals surface area contributed by atoms with Crippen molar-refractivity contribution in [3.8, 4) is 5.75 Å². The van der Waals surface area contributed by atoms with Crippen LogP contribution in [0.1, 0.15) is 50.2 Å². The highest BCUT2D eigenvalue weighted by molar-refractivity contribution is 5.37. The molecule has 1 fully saturated rings. The molecule has 1 aromatic rings. The van der Waals surface area contributed by atoms with Crippen LogP contribution in [0.25, 0.3) is 0 Å². The van der Waals surface area contributed by atoms with E-state index in [-0.39, 0.29) is 0 Å². The summed E-state index contributed by atoms with van der Waals surface area (Å²) in [7, 11) is 0. The van der Waals surface area contributed by atoms with Crippen LogP contribution in [-0.4, -0.2) is 31.1 Å². The summed E-state index contributed by atoms with van der Waals surface area (Å²) in [4.78, 5) is 2.54. The number of aryl methyl sites for hydroxylation is 1. The third-order valence-electron chi connectivity index (χ3n) is 3.95. The molecule has 19 heavy (non-hydrogen) atoms. The Bertz CT molecular complexity index is 394. The summed E-state index contributed by atoms with van der Waals surface area (Å²) in [5.41, 5.74) is 2.60. The molecule has 2 heteroatoms. The minimum Gasteiger partial charge on any atom is -0.493 e. The molecule has 0 unspecified atom stereocenters. The molecule has 1 saturated heterocycles. The van der Waals surface area contributed by atoms with Gasteiger partial charge in [-0.2, -0.15) is 0 Å². The van der Waals surface area contributed by atoms with E-state index in [9.17, 15) is 0 Å². The number of nitrogens with zero attached hydrogens (tertiary/aromatic N) is 1. The highest BCUT2D eigenvalue weighted by Gasteiger charge is 2.10. The lowest BCUT2D eigenvalue weighted by molar-refractivity contribution is 0.262. The van der Waals surface area contributed by atoms with E-state index in [2.05, 4.69) is 43.9 Å². The molecule has 0 amide bonds. The normalized spacial score (nSPS) is 16.2. The van der Waals surface area contributed by atoms with E-state index in [4.69, 9.17) is 4.74 Å². The predicted octanol–water partition coefficient (Wildman–Crippen LogP) is 3.98. The molecule has 0 spiro atoms. The SMILES string of the molecule is Cc1ccc(C(C)C)cc1OCCCN1CCCC1. The molecular weight excluding hydrogens is 234 g/mol. The lowest BCUT2D eigenvalue weighted by atomic mass is 10.0. The Morgan fingerprint density at radius 2 is 1.95 bits per heavy atom. The topological polar surface area (TPSA) is 12.5 Å². The van der Waals surface area contributed by atoms with Crippen LogP contribution in [0.15, 0.2) is 18.2 Å².